The Morgan fingerprint density at radius 3 is 2.61 bits per heavy atom. The van der Waals surface area contributed by atoms with Crippen LogP contribution in [0.1, 0.15) is 10.4 Å². The second-order valence-corrected chi connectivity index (χ2v) is 3.71. The van der Waals surface area contributed by atoms with Gasteiger partial charge in [0.25, 0.3) is 5.91 Å². The maximum absolute atomic E-state index is 12.3. The summed E-state index contributed by atoms with van der Waals surface area (Å²) in [5.74, 6) is -0.723. The Balaban J connectivity index is 2.92. The molecule has 0 saturated carbocycles. The van der Waals surface area contributed by atoms with Crippen molar-refractivity contribution in [3.8, 4) is 0 Å². The lowest BCUT2D eigenvalue weighted by Gasteiger charge is -2.22. The number of anilines is 1. The average Bonchev–Trinajstić information content (AvgIpc) is 2.26. The third kappa shape index (κ3) is 4.12. The summed E-state index contributed by atoms with van der Waals surface area (Å²) in [6.45, 7) is 1.85. The second kappa shape index (κ2) is 5.57. The van der Waals surface area contributed by atoms with Gasteiger partial charge in [0.2, 0.25) is 0 Å². The molecule has 0 aliphatic heterocycles. The average molecular weight is 258 g/mol. The Labute approximate surface area is 103 Å². The van der Waals surface area contributed by atoms with Gasteiger partial charge in [-0.1, -0.05) is 12.1 Å². The van der Waals surface area contributed by atoms with Crippen molar-refractivity contribution in [1.29, 1.82) is 0 Å². The lowest BCUT2D eigenvalue weighted by molar-refractivity contribution is -0.139. The minimum atomic E-state index is -4.45. The van der Waals surface area contributed by atoms with E-state index >= 15 is 0 Å². The third-order valence-corrected chi connectivity index (χ3v) is 2.14. The van der Waals surface area contributed by atoms with Gasteiger partial charge < -0.3 is 10.6 Å². The van der Waals surface area contributed by atoms with Crippen molar-refractivity contribution in [2.75, 3.05) is 18.8 Å². The van der Waals surface area contributed by atoms with Crippen LogP contribution in [0.25, 0.3) is 0 Å². The molecule has 6 heteroatoms. The number of nitrogens with two attached hydrogens (primary N) is 1. The first kappa shape index (κ1) is 14.1. The highest BCUT2D eigenvalue weighted by Gasteiger charge is 2.32. The molecule has 0 aromatic heterocycles. The van der Waals surface area contributed by atoms with Gasteiger partial charge in [0.1, 0.15) is 6.54 Å². The number of nitrogens with zero attached hydrogens (tertiary/aromatic N) is 1. The molecule has 0 unspecified atom stereocenters. The molecule has 0 bridgehead atoms. The summed E-state index contributed by atoms with van der Waals surface area (Å²) in [4.78, 5) is 12.6. The number of hydrogen-bond acceptors (Lipinski definition) is 2. The molecule has 0 atom stereocenters. The van der Waals surface area contributed by atoms with Gasteiger partial charge in [-0.25, -0.2) is 0 Å². The summed E-state index contributed by atoms with van der Waals surface area (Å²) in [5, 5.41) is 0. The number of rotatable bonds is 4. The van der Waals surface area contributed by atoms with E-state index in [0.29, 0.717) is 10.6 Å². The minimum absolute atomic E-state index is 0.126. The summed E-state index contributed by atoms with van der Waals surface area (Å²) in [6.07, 6.45) is -3.20. The topological polar surface area (TPSA) is 46.3 Å². The van der Waals surface area contributed by atoms with Crippen LogP contribution in [0.5, 0.6) is 0 Å². The van der Waals surface area contributed by atoms with E-state index < -0.39 is 18.6 Å². The van der Waals surface area contributed by atoms with Crippen molar-refractivity contribution in [3.63, 3.8) is 0 Å². The Kier molecular flexibility index (Phi) is 4.36. The van der Waals surface area contributed by atoms with Gasteiger partial charge in [-0.05, 0) is 18.2 Å². The Bertz CT molecular complexity index is 443. The molecule has 0 radical (unpaired) electrons. The van der Waals surface area contributed by atoms with Gasteiger partial charge in [0, 0.05) is 17.8 Å². The molecule has 0 aliphatic rings. The van der Waals surface area contributed by atoms with E-state index in [1.165, 1.54) is 24.3 Å². The lowest BCUT2D eigenvalue weighted by atomic mass is 10.1. The Morgan fingerprint density at radius 2 is 2.11 bits per heavy atom. The molecule has 0 saturated heterocycles. The third-order valence-electron chi connectivity index (χ3n) is 2.14. The van der Waals surface area contributed by atoms with E-state index in [2.05, 4.69) is 6.58 Å². The largest absolute Gasteiger partial charge is 0.406 e. The van der Waals surface area contributed by atoms with Crippen LogP contribution in [0.2, 0.25) is 0 Å². The molecular formula is C12H13F3N2O. The first-order chi connectivity index (χ1) is 8.33. The zero-order valence-electron chi connectivity index (χ0n) is 9.57. The molecule has 0 spiro atoms. The fraction of sp³-hybridized carbons (Fsp3) is 0.250. The molecule has 1 aromatic carbocycles. The van der Waals surface area contributed by atoms with E-state index in [9.17, 15) is 18.0 Å². The van der Waals surface area contributed by atoms with Crippen molar-refractivity contribution in [2.45, 2.75) is 6.18 Å². The van der Waals surface area contributed by atoms with E-state index in [-0.39, 0.29) is 12.1 Å². The van der Waals surface area contributed by atoms with Gasteiger partial charge in [-0.2, -0.15) is 13.2 Å². The molecule has 0 heterocycles. The van der Waals surface area contributed by atoms with Crippen molar-refractivity contribution in [1.82, 2.24) is 4.90 Å². The summed E-state index contributed by atoms with van der Waals surface area (Å²) >= 11 is 0. The smallest absolute Gasteiger partial charge is 0.399 e. The number of carbonyl (C=O) groups is 1. The minimum Gasteiger partial charge on any atom is -0.399 e. The maximum Gasteiger partial charge on any atom is 0.406 e. The highest BCUT2D eigenvalue weighted by Crippen LogP contribution is 2.18. The molecule has 0 aliphatic carbocycles. The zero-order chi connectivity index (χ0) is 13.8. The molecule has 3 nitrogen and oxygen atoms in total. The first-order valence-electron chi connectivity index (χ1n) is 5.16. The zero-order valence-corrected chi connectivity index (χ0v) is 9.57. The Hall–Kier alpha value is -1.98. The second-order valence-electron chi connectivity index (χ2n) is 3.71. The van der Waals surface area contributed by atoms with E-state index in [4.69, 9.17) is 5.73 Å². The number of halogens is 3. The monoisotopic (exact) mass is 258 g/mol. The summed E-state index contributed by atoms with van der Waals surface area (Å²) in [7, 11) is 0. The van der Waals surface area contributed by atoms with Crippen molar-refractivity contribution < 1.29 is 18.0 Å². The van der Waals surface area contributed by atoms with Gasteiger partial charge in [0.15, 0.2) is 0 Å². The van der Waals surface area contributed by atoms with Crippen molar-refractivity contribution in [2.24, 2.45) is 0 Å². The predicted molar refractivity (Wildman–Crippen MR) is 63.0 cm³/mol. The highest BCUT2D eigenvalue weighted by molar-refractivity contribution is 5.95. The number of nitrogen functional groups attached to an aromatic ring is 1. The first-order valence-corrected chi connectivity index (χ1v) is 5.16. The standard InChI is InChI=1S/C12H13F3N2O/c1-2-6-17(8-12(13,14)15)11(18)9-4-3-5-10(16)7-9/h2-5,7H,1,6,8,16H2. The van der Waals surface area contributed by atoms with Crippen LogP contribution >= 0.6 is 0 Å². The van der Waals surface area contributed by atoms with Crippen LogP contribution < -0.4 is 5.73 Å². The lowest BCUT2D eigenvalue weighted by Crippen LogP contribution is -2.39. The van der Waals surface area contributed by atoms with E-state index in [0.717, 1.165) is 0 Å². The predicted octanol–water partition coefficient (Wildman–Crippen LogP) is 2.46. The van der Waals surface area contributed by atoms with Gasteiger partial charge in [0.05, 0.1) is 0 Å². The number of carbonyl (C=O) groups excluding carboxylic acids is 1. The molecule has 1 rings (SSSR count). The normalized spacial score (nSPS) is 11.1. The van der Waals surface area contributed by atoms with Crippen LogP contribution in [0.4, 0.5) is 18.9 Å². The van der Waals surface area contributed by atoms with E-state index in [1.54, 1.807) is 6.07 Å². The number of amides is 1. The number of hydrogen-bond donors (Lipinski definition) is 1. The quantitative estimate of drug-likeness (QED) is 0.666. The van der Waals surface area contributed by atoms with Crippen LogP contribution in [0.15, 0.2) is 36.9 Å². The highest BCUT2D eigenvalue weighted by atomic mass is 19.4. The molecule has 2 N–H and O–H groups in total. The van der Waals surface area contributed by atoms with Crippen LogP contribution in [-0.2, 0) is 0 Å². The SMILES string of the molecule is C=CCN(CC(F)(F)F)C(=O)c1cccc(N)c1. The maximum atomic E-state index is 12.3. The number of alkyl halides is 3. The fourth-order valence-corrected chi connectivity index (χ4v) is 1.45. The van der Waals surface area contributed by atoms with Gasteiger partial charge in [-0.15, -0.1) is 6.58 Å². The van der Waals surface area contributed by atoms with E-state index in [1.807, 2.05) is 0 Å². The van der Waals surface area contributed by atoms with Crippen LogP contribution in [0, 0.1) is 0 Å². The number of benzene rings is 1. The van der Waals surface area contributed by atoms with Crippen molar-refractivity contribution in [3.05, 3.63) is 42.5 Å². The van der Waals surface area contributed by atoms with Crippen molar-refractivity contribution >= 4 is 11.6 Å². The molecular weight excluding hydrogens is 245 g/mol. The van der Waals surface area contributed by atoms with Gasteiger partial charge >= 0.3 is 6.18 Å². The molecule has 98 valence electrons. The Morgan fingerprint density at radius 1 is 1.44 bits per heavy atom. The van der Waals surface area contributed by atoms with Crippen LogP contribution in [0.3, 0.4) is 0 Å². The fourth-order valence-electron chi connectivity index (χ4n) is 1.45. The van der Waals surface area contributed by atoms with Crippen LogP contribution in [-0.4, -0.2) is 30.1 Å². The summed E-state index contributed by atoms with van der Waals surface area (Å²) in [5.41, 5.74) is 5.94. The molecule has 18 heavy (non-hydrogen) atoms. The molecule has 0 fully saturated rings. The molecule has 1 aromatic rings. The summed E-state index contributed by atoms with van der Waals surface area (Å²) < 4.78 is 37.0. The molecule has 1 amide bonds. The van der Waals surface area contributed by atoms with Gasteiger partial charge in [-0.3, -0.25) is 4.79 Å². The summed E-state index contributed by atoms with van der Waals surface area (Å²) in [6, 6.07) is 5.83.